The molecule has 0 radical (unpaired) electrons. The Balaban J connectivity index is 2.83. The number of hydrogen-bond acceptors (Lipinski definition) is 5. The molecule has 0 amide bonds. The van der Waals surface area contributed by atoms with E-state index in [0.717, 1.165) is 11.5 Å². The number of fused-ring (bicyclic) bond motifs is 1. The Morgan fingerprint density at radius 3 is 3.00 bits per heavy atom. The summed E-state index contributed by atoms with van der Waals surface area (Å²) in [7, 11) is 0. The van der Waals surface area contributed by atoms with Gasteiger partial charge in [0.1, 0.15) is 16.5 Å². The van der Waals surface area contributed by atoms with Crippen LogP contribution in [-0.4, -0.2) is 25.4 Å². The highest BCUT2D eigenvalue weighted by Gasteiger charge is 2.16. The van der Waals surface area contributed by atoms with Crippen molar-refractivity contribution in [2.75, 3.05) is 0 Å². The maximum Gasteiger partial charge on any atom is 0.357 e. The molecule has 2 rings (SSSR count). The summed E-state index contributed by atoms with van der Waals surface area (Å²) in [6.07, 6.45) is 1.21. The number of carboxylic acid groups (broad SMARTS) is 1. The summed E-state index contributed by atoms with van der Waals surface area (Å²) in [5.74, 6) is -1.11. The van der Waals surface area contributed by atoms with Crippen molar-refractivity contribution in [1.29, 1.82) is 0 Å². The largest absolute Gasteiger partial charge is 0.476 e. The van der Waals surface area contributed by atoms with Crippen LogP contribution in [0.3, 0.4) is 0 Å². The Kier molecular flexibility index (Phi) is 1.86. The average molecular weight is 216 g/mol. The molecule has 5 nitrogen and oxygen atoms in total. The summed E-state index contributed by atoms with van der Waals surface area (Å²) in [6, 6.07) is 0. The molecule has 0 aromatic carbocycles. The van der Waals surface area contributed by atoms with E-state index in [1.807, 2.05) is 0 Å². The van der Waals surface area contributed by atoms with Crippen molar-refractivity contribution >= 4 is 39.3 Å². The lowest BCUT2D eigenvalue weighted by Crippen LogP contribution is -1.97. The van der Waals surface area contributed by atoms with Gasteiger partial charge in [-0.15, -0.1) is 0 Å². The van der Waals surface area contributed by atoms with Gasteiger partial charge in [0.05, 0.1) is 0 Å². The van der Waals surface area contributed by atoms with Crippen molar-refractivity contribution in [2.24, 2.45) is 0 Å². The quantitative estimate of drug-likeness (QED) is 0.729. The summed E-state index contributed by atoms with van der Waals surface area (Å²) >= 11 is 6.68. The molecule has 0 saturated heterocycles. The van der Waals surface area contributed by atoms with Gasteiger partial charge >= 0.3 is 5.97 Å². The van der Waals surface area contributed by atoms with Crippen LogP contribution in [-0.2, 0) is 0 Å². The first kappa shape index (κ1) is 8.33. The smallest absolute Gasteiger partial charge is 0.357 e. The third-order valence-electron chi connectivity index (χ3n) is 1.42. The maximum absolute atomic E-state index is 10.6. The van der Waals surface area contributed by atoms with Gasteiger partial charge in [-0.05, 0) is 11.5 Å². The van der Waals surface area contributed by atoms with Crippen LogP contribution < -0.4 is 0 Å². The molecule has 0 aliphatic heterocycles. The molecule has 0 aliphatic rings. The van der Waals surface area contributed by atoms with Crippen LogP contribution in [0.1, 0.15) is 10.5 Å². The van der Waals surface area contributed by atoms with E-state index in [1.165, 1.54) is 6.33 Å². The van der Waals surface area contributed by atoms with E-state index in [9.17, 15) is 4.79 Å². The molecule has 0 unspecified atom stereocenters. The molecule has 0 spiro atoms. The van der Waals surface area contributed by atoms with Crippen LogP contribution in [0, 0.1) is 0 Å². The van der Waals surface area contributed by atoms with E-state index >= 15 is 0 Å². The van der Waals surface area contributed by atoms with E-state index in [4.69, 9.17) is 16.7 Å². The van der Waals surface area contributed by atoms with Crippen molar-refractivity contribution in [3.63, 3.8) is 0 Å². The van der Waals surface area contributed by atoms with Gasteiger partial charge in [-0.1, -0.05) is 11.6 Å². The number of aromatic nitrogens is 3. The van der Waals surface area contributed by atoms with Crippen molar-refractivity contribution in [3.05, 3.63) is 17.2 Å². The minimum atomic E-state index is -1.11. The van der Waals surface area contributed by atoms with Gasteiger partial charge in [0.15, 0.2) is 10.8 Å². The molecule has 7 heteroatoms. The molecule has 66 valence electrons. The third-order valence-corrected chi connectivity index (χ3v) is 2.66. The highest BCUT2D eigenvalue weighted by molar-refractivity contribution is 7.14. The highest BCUT2D eigenvalue weighted by Crippen LogP contribution is 2.25. The Bertz CT molecular complexity index is 484. The lowest BCUT2D eigenvalue weighted by molar-refractivity contribution is 0.0694. The normalized spacial score (nSPS) is 10.5. The van der Waals surface area contributed by atoms with Crippen LogP contribution in [0.2, 0.25) is 5.15 Å². The van der Waals surface area contributed by atoms with Crippen LogP contribution in [0.4, 0.5) is 0 Å². The molecule has 2 aromatic rings. The Morgan fingerprint density at radius 1 is 1.54 bits per heavy atom. The second-order valence-electron chi connectivity index (χ2n) is 2.18. The molecule has 0 atom stereocenters. The Hall–Kier alpha value is -1.27. The number of aromatic carboxylic acids is 1. The first-order valence-corrected chi connectivity index (χ1v) is 4.34. The van der Waals surface area contributed by atoms with Crippen molar-refractivity contribution in [1.82, 2.24) is 14.3 Å². The van der Waals surface area contributed by atoms with Crippen molar-refractivity contribution in [2.45, 2.75) is 0 Å². The molecule has 2 aromatic heterocycles. The van der Waals surface area contributed by atoms with Crippen molar-refractivity contribution < 1.29 is 9.90 Å². The summed E-state index contributed by atoms with van der Waals surface area (Å²) < 4.78 is 4.21. The zero-order valence-electron chi connectivity index (χ0n) is 6.06. The molecule has 0 aliphatic carbocycles. The second-order valence-corrected chi connectivity index (χ2v) is 3.31. The van der Waals surface area contributed by atoms with Crippen LogP contribution in [0.15, 0.2) is 6.33 Å². The summed E-state index contributed by atoms with van der Waals surface area (Å²) in [5, 5.41) is 8.93. The molecule has 1 N–H and O–H groups in total. The van der Waals surface area contributed by atoms with Crippen molar-refractivity contribution in [3.8, 4) is 0 Å². The molecule has 0 fully saturated rings. The SMILES string of the molecule is O=C(O)c1nsc2c(Cl)ncnc12. The van der Waals surface area contributed by atoms with E-state index in [1.54, 1.807) is 0 Å². The molecule has 2 heterocycles. The lowest BCUT2D eigenvalue weighted by atomic mass is 10.3. The molecular formula is C6H2ClN3O2S. The van der Waals surface area contributed by atoms with Gasteiger partial charge in [0, 0.05) is 0 Å². The van der Waals surface area contributed by atoms with Crippen LogP contribution in [0.5, 0.6) is 0 Å². The summed E-state index contributed by atoms with van der Waals surface area (Å²) in [4.78, 5) is 18.1. The predicted octanol–water partition coefficient (Wildman–Crippen LogP) is 1.44. The number of carbonyl (C=O) groups is 1. The predicted molar refractivity (Wildman–Crippen MR) is 47.2 cm³/mol. The van der Waals surface area contributed by atoms with E-state index in [0.29, 0.717) is 4.70 Å². The van der Waals surface area contributed by atoms with Gasteiger partial charge in [-0.2, -0.15) is 4.37 Å². The fraction of sp³-hybridized carbons (Fsp3) is 0. The Morgan fingerprint density at radius 2 is 2.31 bits per heavy atom. The van der Waals surface area contributed by atoms with E-state index in [-0.39, 0.29) is 16.4 Å². The van der Waals surface area contributed by atoms with Gasteiger partial charge in [0.25, 0.3) is 0 Å². The van der Waals surface area contributed by atoms with Crippen LogP contribution >= 0.6 is 23.1 Å². The number of hydrogen-bond donors (Lipinski definition) is 1. The molecule has 0 saturated carbocycles. The minimum absolute atomic E-state index is 0.0794. The van der Waals surface area contributed by atoms with E-state index in [2.05, 4.69) is 14.3 Å². The van der Waals surface area contributed by atoms with Gasteiger partial charge < -0.3 is 5.11 Å². The topological polar surface area (TPSA) is 76.0 Å². The molecule has 13 heavy (non-hydrogen) atoms. The standard InChI is InChI=1S/C6H2ClN3O2S/c7-5-4-2(8-1-9-5)3(6(11)12)10-13-4/h1H,(H,11,12). The Labute approximate surface area is 81.2 Å². The number of nitrogens with zero attached hydrogens (tertiary/aromatic N) is 3. The highest BCUT2D eigenvalue weighted by atomic mass is 35.5. The van der Waals surface area contributed by atoms with Crippen LogP contribution in [0.25, 0.3) is 10.2 Å². The number of halogens is 1. The lowest BCUT2D eigenvalue weighted by Gasteiger charge is -1.89. The molecular weight excluding hydrogens is 214 g/mol. The summed E-state index contributed by atoms with van der Waals surface area (Å²) in [5.41, 5.74) is 0.210. The maximum atomic E-state index is 10.6. The van der Waals surface area contributed by atoms with Gasteiger partial charge in [-0.3, -0.25) is 0 Å². The minimum Gasteiger partial charge on any atom is -0.476 e. The third kappa shape index (κ3) is 1.24. The number of rotatable bonds is 1. The fourth-order valence-corrected chi connectivity index (χ4v) is 1.82. The second kappa shape index (κ2) is 2.90. The monoisotopic (exact) mass is 215 g/mol. The first-order valence-electron chi connectivity index (χ1n) is 3.19. The van der Waals surface area contributed by atoms with Gasteiger partial charge in [-0.25, -0.2) is 14.8 Å². The van der Waals surface area contributed by atoms with E-state index < -0.39 is 5.97 Å². The average Bonchev–Trinajstić information content (AvgIpc) is 2.48. The molecule has 0 bridgehead atoms. The zero-order chi connectivity index (χ0) is 9.42. The first-order chi connectivity index (χ1) is 6.20. The summed E-state index contributed by atoms with van der Waals surface area (Å²) in [6.45, 7) is 0. The number of carboxylic acids is 1. The zero-order valence-corrected chi connectivity index (χ0v) is 7.63. The fourth-order valence-electron chi connectivity index (χ4n) is 0.877. The van der Waals surface area contributed by atoms with Gasteiger partial charge in [0.2, 0.25) is 0 Å².